The van der Waals surface area contributed by atoms with Crippen molar-refractivity contribution >= 4 is 28.9 Å². The van der Waals surface area contributed by atoms with Gasteiger partial charge < -0.3 is 9.05 Å². The molecule has 0 spiro atoms. The maximum atomic E-state index is 6.35. The van der Waals surface area contributed by atoms with Crippen LogP contribution < -0.4 is 9.05 Å². The molecule has 0 N–H and O–H groups in total. The van der Waals surface area contributed by atoms with Gasteiger partial charge in [-0.1, -0.05) is 81.3 Å². The molecule has 2 nitrogen and oxygen atoms in total. The minimum atomic E-state index is -2.65. The van der Waals surface area contributed by atoms with Gasteiger partial charge in [0.2, 0.25) is 0 Å². The van der Waals surface area contributed by atoms with Gasteiger partial charge in [0.25, 0.3) is 0 Å². The zero-order valence-corrected chi connectivity index (χ0v) is 21.6. The molecule has 3 aromatic carbocycles. The van der Waals surface area contributed by atoms with Crippen LogP contribution in [-0.2, 0) is 30.4 Å². The summed E-state index contributed by atoms with van der Waals surface area (Å²) in [5, 5.41) is 0. The lowest BCUT2D eigenvalue weighted by Gasteiger charge is -2.23. The molecule has 0 aliphatic heterocycles. The predicted octanol–water partition coefficient (Wildman–Crippen LogP) is 8.99. The molecular formula is C27H33O2PS2. The Bertz CT molecular complexity index is 915. The molecule has 5 heteroatoms. The first-order chi connectivity index (χ1) is 15.6. The van der Waals surface area contributed by atoms with Crippen molar-refractivity contribution in [1.82, 2.24) is 0 Å². The first kappa shape index (κ1) is 24.9. The average Bonchev–Trinajstić information content (AvgIpc) is 2.83. The fourth-order valence-corrected chi connectivity index (χ4v) is 7.40. The number of benzene rings is 3. The number of hydrogen-bond donors (Lipinski definition) is 0. The van der Waals surface area contributed by atoms with E-state index >= 15 is 0 Å². The van der Waals surface area contributed by atoms with E-state index in [1.54, 1.807) is 11.4 Å². The van der Waals surface area contributed by atoms with Crippen molar-refractivity contribution in [2.75, 3.05) is 0 Å². The number of aryl methyl sites for hydroxylation is 2. The first-order valence-electron chi connectivity index (χ1n) is 11.5. The number of hydrogen-bond acceptors (Lipinski definition) is 4. The van der Waals surface area contributed by atoms with Crippen molar-refractivity contribution in [3.8, 4) is 11.5 Å². The third kappa shape index (κ3) is 8.31. The Morgan fingerprint density at radius 2 is 1.12 bits per heavy atom. The van der Waals surface area contributed by atoms with Crippen molar-refractivity contribution in [3.05, 3.63) is 95.6 Å². The molecule has 3 rings (SSSR count). The van der Waals surface area contributed by atoms with Crippen molar-refractivity contribution in [3.63, 3.8) is 0 Å². The van der Waals surface area contributed by atoms with Crippen LogP contribution in [0.25, 0.3) is 0 Å². The maximum Gasteiger partial charge on any atom is 0.348 e. The molecule has 0 atom stereocenters. The lowest BCUT2D eigenvalue weighted by molar-refractivity contribution is 0.506. The smallest absolute Gasteiger partial charge is 0.348 e. The van der Waals surface area contributed by atoms with Crippen LogP contribution in [-0.4, -0.2) is 0 Å². The third-order valence-electron chi connectivity index (χ3n) is 5.15. The van der Waals surface area contributed by atoms with E-state index in [0.717, 1.165) is 30.1 Å². The summed E-state index contributed by atoms with van der Waals surface area (Å²) in [4.78, 5) is 0. The summed E-state index contributed by atoms with van der Waals surface area (Å²) in [5.74, 6) is 2.30. The molecule has 0 heterocycles. The van der Waals surface area contributed by atoms with Crippen LogP contribution in [0.4, 0.5) is 0 Å². The monoisotopic (exact) mass is 484 g/mol. The highest BCUT2D eigenvalue weighted by Crippen LogP contribution is 2.61. The van der Waals surface area contributed by atoms with Gasteiger partial charge in [0.15, 0.2) is 0 Å². The van der Waals surface area contributed by atoms with Gasteiger partial charge in [-0.25, -0.2) is 0 Å². The highest BCUT2D eigenvalue weighted by Gasteiger charge is 2.24. The normalized spacial score (nSPS) is 11.3. The van der Waals surface area contributed by atoms with Crippen LogP contribution in [0.15, 0.2) is 78.9 Å². The van der Waals surface area contributed by atoms with Crippen molar-refractivity contribution in [1.29, 1.82) is 0 Å². The molecule has 0 fully saturated rings. The van der Waals surface area contributed by atoms with Crippen LogP contribution in [0.5, 0.6) is 11.5 Å². The lowest BCUT2D eigenvalue weighted by Crippen LogP contribution is -1.99. The SMILES string of the molecule is CCCCc1ccc(OP(=S)(Oc2ccc(CCCC)cc2)SCc2ccccc2)cc1. The highest BCUT2D eigenvalue weighted by atomic mass is 32.9. The molecule has 0 radical (unpaired) electrons. The maximum absolute atomic E-state index is 6.35. The summed E-state index contributed by atoms with van der Waals surface area (Å²) in [6, 6.07) is 27.0. The minimum absolute atomic E-state index is 0.751. The molecule has 0 bridgehead atoms. The number of unbranched alkanes of at least 4 members (excludes halogenated alkanes) is 2. The first-order valence-corrected chi connectivity index (χ1v) is 15.7. The zero-order chi connectivity index (χ0) is 22.7. The van der Waals surface area contributed by atoms with Gasteiger partial charge in [0, 0.05) is 5.75 Å². The van der Waals surface area contributed by atoms with E-state index in [-0.39, 0.29) is 0 Å². The topological polar surface area (TPSA) is 18.5 Å². The van der Waals surface area contributed by atoms with E-state index in [1.807, 2.05) is 42.5 Å². The molecule has 0 saturated carbocycles. The van der Waals surface area contributed by atoms with Crippen molar-refractivity contribution < 1.29 is 9.05 Å². The summed E-state index contributed by atoms with van der Waals surface area (Å²) in [6.45, 7) is 4.43. The summed E-state index contributed by atoms with van der Waals surface area (Å²) in [6.07, 6.45) is 6.97. The Hall–Kier alpha value is -1.74. The van der Waals surface area contributed by atoms with E-state index in [4.69, 9.17) is 20.9 Å². The quantitative estimate of drug-likeness (QED) is 0.225. The molecule has 0 aromatic heterocycles. The zero-order valence-electron chi connectivity index (χ0n) is 19.0. The average molecular weight is 485 g/mol. The predicted molar refractivity (Wildman–Crippen MR) is 143 cm³/mol. The Morgan fingerprint density at radius 3 is 1.56 bits per heavy atom. The van der Waals surface area contributed by atoms with Crippen molar-refractivity contribution in [2.45, 2.75) is 58.1 Å². The Kier molecular flexibility index (Phi) is 10.2. The third-order valence-corrected chi connectivity index (χ3v) is 9.98. The largest absolute Gasteiger partial charge is 0.428 e. The van der Waals surface area contributed by atoms with E-state index in [2.05, 4.69) is 50.2 Å². The molecule has 32 heavy (non-hydrogen) atoms. The Labute approximate surface area is 202 Å². The van der Waals surface area contributed by atoms with Gasteiger partial charge in [-0.15, -0.1) is 0 Å². The fraction of sp³-hybridized carbons (Fsp3) is 0.333. The van der Waals surface area contributed by atoms with Gasteiger partial charge in [-0.05, 0) is 89.8 Å². The Morgan fingerprint density at radius 1 is 0.656 bits per heavy atom. The fourth-order valence-electron chi connectivity index (χ4n) is 3.25. The van der Waals surface area contributed by atoms with Gasteiger partial charge in [-0.2, -0.15) is 0 Å². The molecule has 0 saturated heterocycles. The van der Waals surface area contributed by atoms with Crippen LogP contribution in [0.1, 0.15) is 56.2 Å². The van der Waals surface area contributed by atoms with Gasteiger partial charge in [0.05, 0.1) is 0 Å². The van der Waals surface area contributed by atoms with Gasteiger partial charge in [0.1, 0.15) is 11.5 Å². The molecule has 170 valence electrons. The summed E-state index contributed by atoms with van der Waals surface area (Å²) < 4.78 is 12.7. The van der Waals surface area contributed by atoms with E-state index < -0.39 is 5.69 Å². The van der Waals surface area contributed by atoms with Crippen LogP contribution >= 0.6 is 17.1 Å². The van der Waals surface area contributed by atoms with Gasteiger partial charge in [-0.3, -0.25) is 0 Å². The Balaban J connectivity index is 1.73. The molecule has 0 aliphatic rings. The number of rotatable bonds is 13. The standard InChI is InChI=1S/C27H33O2PS2/c1-3-5-10-23-14-18-26(19-15-23)28-30(31,32-22-25-12-8-7-9-13-25)29-27-20-16-24(17-21-27)11-6-4-2/h7-9,12-21H,3-6,10-11,22H2,1-2H3. The summed E-state index contributed by atoms with van der Waals surface area (Å²) in [5.41, 5.74) is 1.21. The molecule has 0 amide bonds. The molecule has 0 unspecified atom stereocenters. The second kappa shape index (κ2) is 13.1. The summed E-state index contributed by atoms with van der Waals surface area (Å²) in [7, 11) is 0. The van der Waals surface area contributed by atoms with Crippen LogP contribution in [0.3, 0.4) is 0 Å². The second-order valence-electron chi connectivity index (χ2n) is 7.88. The highest BCUT2D eigenvalue weighted by molar-refractivity contribution is 8.67. The second-order valence-corrected chi connectivity index (χ2v) is 14.0. The lowest BCUT2D eigenvalue weighted by atomic mass is 10.1. The van der Waals surface area contributed by atoms with Crippen LogP contribution in [0, 0.1) is 0 Å². The van der Waals surface area contributed by atoms with Crippen LogP contribution in [0.2, 0.25) is 0 Å². The molecule has 0 aliphatic carbocycles. The van der Waals surface area contributed by atoms with E-state index in [9.17, 15) is 0 Å². The van der Waals surface area contributed by atoms with E-state index in [1.165, 1.54) is 42.4 Å². The van der Waals surface area contributed by atoms with Crippen molar-refractivity contribution in [2.24, 2.45) is 0 Å². The summed E-state index contributed by atoms with van der Waals surface area (Å²) >= 11 is 7.58. The minimum Gasteiger partial charge on any atom is -0.428 e. The molecular weight excluding hydrogens is 451 g/mol. The van der Waals surface area contributed by atoms with Gasteiger partial charge >= 0.3 is 5.69 Å². The van der Waals surface area contributed by atoms with E-state index in [0.29, 0.717) is 0 Å². The molecule has 3 aromatic rings.